The molecule has 1 aromatic heterocycles. The van der Waals surface area contributed by atoms with Crippen LogP contribution in [0, 0.1) is 5.92 Å². The van der Waals surface area contributed by atoms with Crippen LogP contribution < -0.4 is 4.90 Å². The molecule has 1 N–H and O–H groups in total. The normalized spacial score (nSPS) is 16.6. The number of aromatic nitrogens is 1. The molecule has 1 fully saturated rings. The second-order valence-electron chi connectivity index (χ2n) is 7.41. The molecular formula is C23H24ClN3O2. The number of amides is 2. The summed E-state index contributed by atoms with van der Waals surface area (Å²) in [7, 11) is 0. The highest BCUT2D eigenvalue weighted by Gasteiger charge is 2.36. The van der Waals surface area contributed by atoms with Crippen molar-refractivity contribution in [1.29, 1.82) is 0 Å². The zero-order valence-corrected chi connectivity index (χ0v) is 17.2. The number of carbonyl (C=O) groups excluding carboxylic acids is 2. The van der Waals surface area contributed by atoms with Gasteiger partial charge in [0, 0.05) is 53.9 Å². The minimum Gasteiger partial charge on any atom is -0.361 e. The number of para-hydroxylation sites is 1. The van der Waals surface area contributed by atoms with E-state index in [4.69, 9.17) is 11.6 Å². The third-order valence-electron chi connectivity index (χ3n) is 5.59. The summed E-state index contributed by atoms with van der Waals surface area (Å²) in [6, 6.07) is 15.4. The highest BCUT2D eigenvalue weighted by atomic mass is 35.5. The van der Waals surface area contributed by atoms with Gasteiger partial charge in [0.1, 0.15) is 0 Å². The molecule has 3 aromatic rings. The molecule has 0 radical (unpaired) electrons. The van der Waals surface area contributed by atoms with Gasteiger partial charge in [-0.3, -0.25) is 9.59 Å². The number of nitrogens with one attached hydrogen (secondary N) is 1. The predicted octanol–water partition coefficient (Wildman–Crippen LogP) is 4.27. The minimum atomic E-state index is -0.292. The van der Waals surface area contributed by atoms with E-state index in [0.717, 1.165) is 28.6 Å². The molecule has 0 bridgehead atoms. The summed E-state index contributed by atoms with van der Waals surface area (Å²) in [4.78, 5) is 32.4. The molecule has 6 heteroatoms. The molecule has 0 aliphatic carbocycles. The number of H-pyrrole nitrogens is 1. The molecule has 1 saturated heterocycles. The first-order valence-corrected chi connectivity index (χ1v) is 10.3. The summed E-state index contributed by atoms with van der Waals surface area (Å²) < 4.78 is 0. The van der Waals surface area contributed by atoms with Gasteiger partial charge in [-0.05, 0) is 49.2 Å². The van der Waals surface area contributed by atoms with Gasteiger partial charge in [0.15, 0.2) is 0 Å². The number of benzene rings is 2. The van der Waals surface area contributed by atoms with Crippen molar-refractivity contribution in [3.8, 4) is 0 Å². The van der Waals surface area contributed by atoms with E-state index in [9.17, 15) is 9.59 Å². The summed E-state index contributed by atoms with van der Waals surface area (Å²) in [5.74, 6) is -0.223. The van der Waals surface area contributed by atoms with Crippen LogP contribution in [0.25, 0.3) is 10.9 Å². The fourth-order valence-electron chi connectivity index (χ4n) is 4.06. The minimum absolute atomic E-state index is 0.0217. The Morgan fingerprint density at radius 2 is 2.03 bits per heavy atom. The molecule has 1 atom stereocenters. The highest BCUT2D eigenvalue weighted by molar-refractivity contribution is 6.31. The van der Waals surface area contributed by atoms with E-state index in [1.54, 1.807) is 4.90 Å². The van der Waals surface area contributed by atoms with E-state index < -0.39 is 0 Å². The second kappa shape index (κ2) is 8.29. The Morgan fingerprint density at radius 3 is 2.79 bits per heavy atom. The molecule has 29 heavy (non-hydrogen) atoms. The highest BCUT2D eigenvalue weighted by Crippen LogP contribution is 2.26. The fraction of sp³-hybridized carbons (Fsp3) is 0.304. The first kappa shape index (κ1) is 19.5. The van der Waals surface area contributed by atoms with Crippen LogP contribution in [0.15, 0.2) is 54.7 Å². The Bertz CT molecular complexity index is 1030. The molecule has 4 rings (SSSR count). The van der Waals surface area contributed by atoms with Gasteiger partial charge in [-0.15, -0.1) is 0 Å². The van der Waals surface area contributed by atoms with Crippen molar-refractivity contribution in [3.63, 3.8) is 0 Å². The number of hydrogen-bond acceptors (Lipinski definition) is 2. The van der Waals surface area contributed by atoms with Crippen LogP contribution in [-0.4, -0.2) is 41.3 Å². The van der Waals surface area contributed by atoms with Gasteiger partial charge in [0.05, 0.1) is 5.92 Å². The first-order chi connectivity index (χ1) is 14.1. The van der Waals surface area contributed by atoms with Crippen molar-refractivity contribution in [1.82, 2.24) is 9.88 Å². The van der Waals surface area contributed by atoms with E-state index in [2.05, 4.69) is 4.98 Å². The maximum Gasteiger partial charge on any atom is 0.232 e. The molecule has 2 aromatic carbocycles. The molecule has 5 nitrogen and oxygen atoms in total. The monoisotopic (exact) mass is 409 g/mol. The number of likely N-dealkylation sites (tertiary alicyclic amines) is 1. The van der Waals surface area contributed by atoms with Crippen LogP contribution in [0.1, 0.15) is 18.9 Å². The lowest BCUT2D eigenvalue weighted by atomic mass is 10.1. The molecule has 2 heterocycles. The molecule has 1 aliphatic heterocycles. The third-order valence-corrected chi connectivity index (χ3v) is 5.83. The van der Waals surface area contributed by atoms with Gasteiger partial charge in [0.25, 0.3) is 0 Å². The standard InChI is InChI=1S/C23H24ClN3O2/c1-2-27(19-6-4-3-5-7-19)23(29)17-12-22(28)26(15-17)11-10-16-14-25-21-9-8-18(24)13-20(16)21/h3-9,13-14,17,25H,2,10-12,15H2,1H3. The largest absolute Gasteiger partial charge is 0.361 e. The fourth-order valence-corrected chi connectivity index (χ4v) is 4.23. The van der Waals surface area contributed by atoms with Gasteiger partial charge in [0.2, 0.25) is 11.8 Å². The Labute approximate surface area is 175 Å². The van der Waals surface area contributed by atoms with Gasteiger partial charge in [-0.25, -0.2) is 0 Å². The Balaban J connectivity index is 1.42. The number of aromatic amines is 1. The number of anilines is 1. The van der Waals surface area contributed by atoms with Crippen molar-refractivity contribution in [3.05, 3.63) is 65.3 Å². The quantitative estimate of drug-likeness (QED) is 0.661. The van der Waals surface area contributed by atoms with Gasteiger partial charge in [-0.1, -0.05) is 29.8 Å². The zero-order chi connectivity index (χ0) is 20.4. The maximum absolute atomic E-state index is 13.0. The lowest BCUT2D eigenvalue weighted by Gasteiger charge is -2.24. The lowest BCUT2D eigenvalue weighted by molar-refractivity contribution is -0.128. The topological polar surface area (TPSA) is 56.4 Å². The van der Waals surface area contributed by atoms with Crippen LogP contribution in [0.5, 0.6) is 0 Å². The third kappa shape index (κ3) is 4.01. The van der Waals surface area contributed by atoms with Crippen molar-refractivity contribution >= 4 is 40.0 Å². The van der Waals surface area contributed by atoms with E-state index in [0.29, 0.717) is 24.7 Å². The molecular weight excluding hydrogens is 386 g/mol. The summed E-state index contributed by atoms with van der Waals surface area (Å²) in [6.45, 7) is 3.62. The summed E-state index contributed by atoms with van der Waals surface area (Å²) in [6.07, 6.45) is 2.98. The number of rotatable bonds is 6. The summed E-state index contributed by atoms with van der Waals surface area (Å²) in [5, 5.41) is 1.78. The van der Waals surface area contributed by atoms with Crippen LogP contribution in [0.2, 0.25) is 5.02 Å². The molecule has 2 amide bonds. The van der Waals surface area contributed by atoms with Crippen molar-refractivity contribution in [2.75, 3.05) is 24.5 Å². The van der Waals surface area contributed by atoms with Crippen LogP contribution in [0.3, 0.4) is 0 Å². The molecule has 1 unspecified atom stereocenters. The summed E-state index contributed by atoms with van der Waals surface area (Å²) in [5.41, 5.74) is 3.04. The molecule has 150 valence electrons. The Morgan fingerprint density at radius 1 is 1.24 bits per heavy atom. The van der Waals surface area contributed by atoms with Gasteiger partial charge >= 0.3 is 0 Å². The number of carbonyl (C=O) groups is 2. The predicted molar refractivity (Wildman–Crippen MR) is 116 cm³/mol. The lowest BCUT2D eigenvalue weighted by Crippen LogP contribution is -2.37. The van der Waals surface area contributed by atoms with E-state index in [1.165, 1.54) is 0 Å². The Hall–Kier alpha value is -2.79. The van der Waals surface area contributed by atoms with Crippen LogP contribution >= 0.6 is 11.6 Å². The SMILES string of the molecule is CCN(C(=O)C1CC(=O)N(CCc2c[nH]c3ccc(Cl)cc23)C1)c1ccccc1. The van der Waals surface area contributed by atoms with Crippen molar-refractivity contribution in [2.45, 2.75) is 19.8 Å². The number of halogens is 1. The van der Waals surface area contributed by atoms with Gasteiger partial charge < -0.3 is 14.8 Å². The molecule has 0 saturated carbocycles. The average molecular weight is 410 g/mol. The number of nitrogens with zero attached hydrogens (tertiary/aromatic N) is 2. The number of fused-ring (bicyclic) bond motifs is 1. The van der Waals surface area contributed by atoms with Crippen molar-refractivity contribution in [2.24, 2.45) is 5.92 Å². The molecule has 0 spiro atoms. The van der Waals surface area contributed by atoms with E-state index >= 15 is 0 Å². The van der Waals surface area contributed by atoms with E-state index in [-0.39, 0.29) is 24.2 Å². The number of hydrogen-bond donors (Lipinski definition) is 1. The first-order valence-electron chi connectivity index (χ1n) is 9.96. The summed E-state index contributed by atoms with van der Waals surface area (Å²) >= 11 is 6.13. The maximum atomic E-state index is 13.0. The van der Waals surface area contributed by atoms with Gasteiger partial charge in [-0.2, -0.15) is 0 Å². The van der Waals surface area contributed by atoms with E-state index in [1.807, 2.05) is 66.6 Å². The smallest absolute Gasteiger partial charge is 0.232 e. The van der Waals surface area contributed by atoms with Crippen molar-refractivity contribution < 1.29 is 9.59 Å². The van der Waals surface area contributed by atoms with Crippen LogP contribution in [-0.2, 0) is 16.0 Å². The van der Waals surface area contributed by atoms with Crippen LogP contribution in [0.4, 0.5) is 5.69 Å². The zero-order valence-electron chi connectivity index (χ0n) is 16.4. The average Bonchev–Trinajstić information content (AvgIpc) is 3.30. The Kier molecular flexibility index (Phi) is 5.58. The second-order valence-corrected chi connectivity index (χ2v) is 7.85. The molecule has 1 aliphatic rings.